The summed E-state index contributed by atoms with van der Waals surface area (Å²) in [7, 11) is 1.26. The van der Waals surface area contributed by atoms with Crippen LogP contribution in [0.3, 0.4) is 0 Å². The molecule has 0 saturated heterocycles. The highest BCUT2D eigenvalue weighted by Gasteiger charge is 2.12. The topological polar surface area (TPSA) is 64.6 Å². The van der Waals surface area contributed by atoms with Gasteiger partial charge in [-0.3, -0.25) is 4.79 Å². The summed E-state index contributed by atoms with van der Waals surface area (Å²) in [5.41, 5.74) is 1.67. The molecule has 1 N–H and O–H groups in total. The molecule has 5 nitrogen and oxygen atoms in total. The lowest BCUT2D eigenvalue weighted by molar-refractivity contribution is -0.118. The number of anilines is 1. The van der Waals surface area contributed by atoms with Gasteiger partial charge in [0.25, 0.3) is 5.91 Å². The van der Waals surface area contributed by atoms with Gasteiger partial charge in [0.05, 0.1) is 17.7 Å². The monoisotopic (exact) mass is 333 g/mol. The lowest BCUT2D eigenvalue weighted by Gasteiger charge is -2.09. The number of carbonyl (C=O) groups is 2. The van der Waals surface area contributed by atoms with E-state index in [0.29, 0.717) is 11.4 Å². The van der Waals surface area contributed by atoms with Crippen molar-refractivity contribution in [1.82, 2.24) is 0 Å². The highest BCUT2D eigenvalue weighted by Crippen LogP contribution is 2.21. The van der Waals surface area contributed by atoms with Crippen molar-refractivity contribution < 1.29 is 19.1 Å². The number of carbonyl (C=O) groups excluding carboxylic acids is 2. The van der Waals surface area contributed by atoms with Gasteiger partial charge < -0.3 is 14.8 Å². The predicted molar refractivity (Wildman–Crippen MR) is 88.1 cm³/mol. The fourth-order valence-electron chi connectivity index (χ4n) is 1.92. The van der Waals surface area contributed by atoms with Crippen LogP contribution >= 0.6 is 11.6 Å². The Morgan fingerprint density at radius 1 is 1.17 bits per heavy atom. The minimum absolute atomic E-state index is 0.139. The number of nitrogens with one attached hydrogen (secondary N) is 1. The number of esters is 1. The maximum atomic E-state index is 11.9. The number of ether oxygens (including phenoxy) is 2. The number of aryl methyl sites for hydroxylation is 1. The van der Waals surface area contributed by atoms with E-state index in [4.69, 9.17) is 16.3 Å². The molecule has 0 heterocycles. The Balaban J connectivity index is 1.99. The van der Waals surface area contributed by atoms with E-state index in [-0.39, 0.29) is 23.1 Å². The van der Waals surface area contributed by atoms with Crippen molar-refractivity contribution in [1.29, 1.82) is 0 Å². The molecule has 0 saturated carbocycles. The molecule has 0 radical (unpaired) electrons. The van der Waals surface area contributed by atoms with Crippen LogP contribution in [0.1, 0.15) is 15.9 Å². The zero-order valence-electron chi connectivity index (χ0n) is 12.8. The van der Waals surface area contributed by atoms with E-state index in [9.17, 15) is 9.59 Å². The van der Waals surface area contributed by atoms with Crippen LogP contribution in [0.5, 0.6) is 5.75 Å². The van der Waals surface area contributed by atoms with Gasteiger partial charge in [-0.15, -0.1) is 0 Å². The number of rotatable bonds is 5. The highest BCUT2D eigenvalue weighted by molar-refractivity contribution is 6.33. The van der Waals surface area contributed by atoms with Crippen molar-refractivity contribution >= 4 is 29.2 Å². The first-order chi connectivity index (χ1) is 11.0. The molecule has 0 fully saturated rings. The molecular formula is C17H16ClNO4. The Labute approximate surface area is 139 Å². The van der Waals surface area contributed by atoms with E-state index in [1.165, 1.54) is 19.2 Å². The number of halogens is 1. The lowest BCUT2D eigenvalue weighted by atomic mass is 10.2. The van der Waals surface area contributed by atoms with E-state index in [2.05, 4.69) is 10.1 Å². The van der Waals surface area contributed by atoms with Gasteiger partial charge >= 0.3 is 5.97 Å². The average molecular weight is 334 g/mol. The summed E-state index contributed by atoms with van der Waals surface area (Å²) < 4.78 is 10.0. The molecule has 0 aliphatic heterocycles. The average Bonchev–Trinajstić information content (AvgIpc) is 2.54. The van der Waals surface area contributed by atoms with Crippen molar-refractivity contribution in [3.63, 3.8) is 0 Å². The third-order valence-corrected chi connectivity index (χ3v) is 3.34. The molecule has 2 aromatic carbocycles. The van der Waals surface area contributed by atoms with Gasteiger partial charge in [-0.05, 0) is 42.8 Å². The molecule has 2 aromatic rings. The highest BCUT2D eigenvalue weighted by atomic mass is 35.5. The van der Waals surface area contributed by atoms with Crippen LogP contribution in [0.4, 0.5) is 5.69 Å². The van der Waals surface area contributed by atoms with Crippen LogP contribution in [0.25, 0.3) is 0 Å². The Bertz CT molecular complexity index is 730. The van der Waals surface area contributed by atoms with Gasteiger partial charge in [0.2, 0.25) is 0 Å². The number of amides is 1. The van der Waals surface area contributed by atoms with Crippen LogP contribution in [0.2, 0.25) is 5.02 Å². The SMILES string of the molecule is COC(=O)c1cc(NC(=O)COc2cccc(C)c2)ccc1Cl. The molecule has 1 amide bonds. The summed E-state index contributed by atoms with van der Waals surface area (Å²) in [6, 6.07) is 12.0. The molecule has 120 valence electrons. The minimum atomic E-state index is -0.567. The van der Waals surface area contributed by atoms with E-state index in [1.54, 1.807) is 12.1 Å². The molecule has 23 heavy (non-hydrogen) atoms. The fourth-order valence-corrected chi connectivity index (χ4v) is 2.12. The second-order valence-electron chi connectivity index (χ2n) is 4.84. The Morgan fingerprint density at radius 3 is 2.65 bits per heavy atom. The van der Waals surface area contributed by atoms with Crippen molar-refractivity contribution in [2.24, 2.45) is 0 Å². The van der Waals surface area contributed by atoms with Gasteiger partial charge in [-0.25, -0.2) is 4.79 Å². The number of hydrogen-bond acceptors (Lipinski definition) is 4. The summed E-state index contributed by atoms with van der Waals surface area (Å²) >= 11 is 5.92. The lowest BCUT2D eigenvalue weighted by Crippen LogP contribution is -2.20. The standard InChI is InChI=1S/C17H16ClNO4/c1-11-4-3-5-13(8-11)23-10-16(20)19-12-6-7-15(18)14(9-12)17(21)22-2/h3-9H,10H2,1-2H3,(H,19,20). The molecule has 0 bridgehead atoms. The fraction of sp³-hybridized carbons (Fsp3) is 0.176. The normalized spacial score (nSPS) is 10.0. The van der Waals surface area contributed by atoms with E-state index < -0.39 is 5.97 Å². The second-order valence-corrected chi connectivity index (χ2v) is 5.25. The summed E-state index contributed by atoms with van der Waals surface area (Å²) in [6.07, 6.45) is 0. The molecule has 0 aliphatic carbocycles. The summed E-state index contributed by atoms with van der Waals surface area (Å²) in [5.74, 6) is -0.293. The van der Waals surface area contributed by atoms with Gasteiger partial charge in [0, 0.05) is 5.69 Å². The second kappa shape index (κ2) is 7.65. The van der Waals surface area contributed by atoms with Gasteiger partial charge in [0.15, 0.2) is 6.61 Å². The van der Waals surface area contributed by atoms with Gasteiger partial charge in [-0.2, -0.15) is 0 Å². The van der Waals surface area contributed by atoms with Crippen molar-refractivity contribution in [2.45, 2.75) is 6.92 Å². The Kier molecular flexibility index (Phi) is 5.60. The van der Waals surface area contributed by atoms with Gasteiger partial charge in [0.1, 0.15) is 5.75 Å². The van der Waals surface area contributed by atoms with Crippen LogP contribution in [0, 0.1) is 6.92 Å². The van der Waals surface area contributed by atoms with E-state index in [1.807, 2.05) is 25.1 Å². The van der Waals surface area contributed by atoms with Crippen molar-refractivity contribution in [3.8, 4) is 5.75 Å². The van der Waals surface area contributed by atoms with Crippen LogP contribution in [0.15, 0.2) is 42.5 Å². The molecule has 0 spiro atoms. The van der Waals surface area contributed by atoms with Crippen LogP contribution < -0.4 is 10.1 Å². The first kappa shape index (κ1) is 16.8. The quantitative estimate of drug-likeness (QED) is 0.851. The maximum Gasteiger partial charge on any atom is 0.339 e. The number of hydrogen-bond donors (Lipinski definition) is 1. The van der Waals surface area contributed by atoms with Crippen molar-refractivity contribution in [3.05, 3.63) is 58.6 Å². The molecule has 6 heteroatoms. The zero-order chi connectivity index (χ0) is 16.8. The van der Waals surface area contributed by atoms with Crippen molar-refractivity contribution in [2.75, 3.05) is 19.0 Å². The molecule has 2 rings (SSSR count). The first-order valence-electron chi connectivity index (χ1n) is 6.87. The summed E-state index contributed by atoms with van der Waals surface area (Å²) in [6.45, 7) is 1.80. The predicted octanol–water partition coefficient (Wildman–Crippen LogP) is 3.45. The summed E-state index contributed by atoms with van der Waals surface area (Å²) in [4.78, 5) is 23.5. The number of methoxy groups -OCH3 is 1. The molecule has 0 aromatic heterocycles. The number of benzene rings is 2. The first-order valence-corrected chi connectivity index (χ1v) is 7.24. The van der Waals surface area contributed by atoms with Crippen LogP contribution in [-0.4, -0.2) is 25.6 Å². The zero-order valence-corrected chi connectivity index (χ0v) is 13.5. The molecule has 0 unspecified atom stereocenters. The van der Waals surface area contributed by atoms with Crippen LogP contribution in [-0.2, 0) is 9.53 Å². The summed E-state index contributed by atoms with van der Waals surface area (Å²) in [5, 5.41) is 2.90. The van der Waals surface area contributed by atoms with E-state index >= 15 is 0 Å². The molecule has 0 atom stereocenters. The van der Waals surface area contributed by atoms with Gasteiger partial charge in [-0.1, -0.05) is 23.7 Å². The minimum Gasteiger partial charge on any atom is -0.484 e. The molecular weight excluding hydrogens is 318 g/mol. The smallest absolute Gasteiger partial charge is 0.339 e. The molecule has 0 aliphatic rings. The maximum absolute atomic E-state index is 11.9. The largest absolute Gasteiger partial charge is 0.484 e. The third-order valence-electron chi connectivity index (χ3n) is 3.01. The van der Waals surface area contributed by atoms with E-state index in [0.717, 1.165) is 5.56 Å². The third kappa shape index (κ3) is 4.72. The Hall–Kier alpha value is -2.53. The Morgan fingerprint density at radius 2 is 1.96 bits per heavy atom.